The summed E-state index contributed by atoms with van der Waals surface area (Å²) in [7, 11) is 1.58. The van der Waals surface area contributed by atoms with Gasteiger partial charge in [0.1, 0.15) is 0 Å². The molecule has 1 atom stereocenters. The zero-order valence-corrected chi connectivity index (χ0v) is 15.8. The van der Waals surface area contributed by atoms with Crippen LogP contribution in [0.5, 0.6) is 0 Å². The van der Waals surface area contributed by atoms with Crippen molar-refractivity contribution >= 4 is 17.8 Å². The molecule has 0 spiro atoms. The number of para-hydroxylation sites is 1. The van der Waals surface area contributed by atoms with Crippen LogP contribution in [0.15, 0.2) is 42.7 Å². The van der Waals surface area contributed by atoms with Gasteiger partial charge < -0.3 is 14.9 Å². The van der Waals surface area contributed by atoms with Crippen LogP contribution >= 0.6 is 0 Å². The molecule has 8 heteroatoms. The minimum absolute atomic E-state index is 0.0575. The van der Waals surface area contributed by atoms with E-state index in [1.807, 2.05) is 30.3 Å². The lowest BCUT2D eigenvalue weighted by Gasteiger charge is -2.32. The number of hydrogen-bond acceptors (Lipinski definition) is 4. The molecule has 2 amide bonds. The van der Waals surface area contributed by atoms with Crippen molar-refractivity contribution in [3.63, 3.8) is 0 Å². The molecule has 148 valence electrons. The van der Waals surface area contributed by atoms with Gasteiger partial charge in [-0.15, -0.1) is 0 Å². The number of benzene rings is 1. The van der Waals surface area contributed by atoms with Crippen molar-refractivity contribution in [2.75, 3.05) is 26.7 Å². The lowest BCUT2D eigenvalue weighted by Crippen LogP contribution is -2.47. The Hall–Kier alpha value is -3.16. The third-order valence-corrected chi connectivity index (χ3v) is 4.93. The van der Waals surface area contributed by atoms with Gasteiger partial charge in [0.15, 0.2) is 0 Å². The molecule has 1 aliphatic rings. The Kier molecular flexibility index (Phi) is 6.08. The van der Waals surface area contributed by atoms with Crippen molar-refractivity contribution in [2.45, 2.75) is 19.3 Å². The van der Waals surface area contributed by atoms with Gasteiger partial charge >= 0.3 is 5.97 Å². The number of aromatic nitrogens is 2. The normalized spacial score (nSPS) is 16.6. The fourth-order valence-electron chi connectivity index (χ4n) is 3.28. The number of carbonyl (C=O) groups is 3. The molecule has 0 bridgehead atoms. The Morgan fingerprint density at radius 1 is 1.25 bits per heavy atom. The Bertz CT molecular complexity index is 849. The number of carboxylic acid groups (broad SMARTS) is 1. The number of piperidine rings is 1. The van der Waals surface area contributed by atoms with E-state index in [-0.39, 0.29) is 31.3 Å². The van der Waals surface area contributed by atoms with Gasteiger partial charge in [0.2, 0.25) is 11.8 Å². The molecular weight excluding hydrogens is 360 g/mol. The van der Waals surface area contributed by atoms with Gasteiger partial charge in [-0.1, -0.05) is 18.2 Å². The molecule has 1 N–H and O–H groups in total. The first kappa shape index (κ1) is 19.6. The monoisotopic (exact) mass is 384 g/mol. The standard InChI is InChI=1S/C20H24N4O4/c1-22(14-19(26)23-9-5-6-16(13-23)20(27)28)18(25)10-15-11-21-24(12-15)17-7-3-2-4-8-17/h2-4,7-8,11-12,16H,5-6,9-10,13-14H2,1H3,(H,27,28). The fourth-order valence-corrected chi connectivity index (χ4v) is 3.28. The van der Waals surface area contributed by atoms with Crippen LogP contribution in [0.25, 0.3) is 5.69 Å². The Balaban J connectivity index is 1.54. The molecule has 1 saturated heterocycles. The lowest BCUT2D eigenvalue weighted by atomic mass is 9.98. The van der Waals surface area contributed by atoms with Gasteiger partial charge in [-0.3, -0.25) is 14.4 Å². The summed E-state index contributed by atoms with van der Waals surface area (Å²) in [4.78, 5) is 39.0. The largest absolute Gasteiger partial charge is 0.481 e. The highest BCUT2D eigenvalue weighted by Crippen LogP contribution is 2.17. The van der Waals surface area contributed by atoms with E-state index in [9.17, 15) is 14.4 Å². The number of hydrogen-bond donors (Lipinski definition) is 1. The second kappa shape index (κ2) is 8.69. The van der Waals surface area contributed by atoms with E-state index in [2.05, 4.69) is 5.10 Å². The number of carbonyl (C=O) groups excluding carboxylic acids is 2. The zero-order chi connectivity index (χ0) is 20.1. The topological polar surface area (TPSA) is 95.7 Å². The van der Waals surface area contributed by atoms with Crippen LogP contribution in [0.4, 0.5) is 0 Å². The van der Waals surface area contributed by atoms with Crippen molar-refractivity contribution in [1.82, 2.24) is 19.6 Å². The highest BCUT2D eigenvalue weighted by molar-refractivity contribution is 5.86. The van der Waals surface area contributed by atoms with Crippen molar-refractivity contribution in [3.8, 4) is 5.69 Å². The van der Waals surface area contributed by atoms with Crippen LogP contribution in [0.1, 0.15) is 18.4 Å². The van der Waals surface area contributed by atoms with Crippen LogP contribution in [0.3, 0.4) is 0 Å². The second-order valence-corrected chi connectivity index (χ2v) is 7.07. The quantitative estimate of drug-likeness (QED) is 0.807. The maximum Gasteiger partial charge on any atom is 0.308 e. The molecule has 1 aromatic heterocycles. The van der Waals surface area contributed by atoms with Gasteiger partial charge in [-0.05, 0) is 30.5 Å². The summed E-state index contributed by atoms with van der Waals surface area (Å²) in [6.07, 6.45) is 4.83. The smallest absolute Gasteiger partial charge is 0.308 e. The van der Waals surface area contributed by atoms with Gasteiger partial charge in [0, 0.05) is 26.3 Å². The Labute approximate surface area is 163 Å². The third kappa shape index (κ3) is 4.76. The predicted octanol–water partition coefficient (Wildman–Crippen LogP) is 1.20. The number of rotatable bonds is 6. The number of carboxylic acids is 1. The average molecular weight is 384 g/mol. The molecule has 1 aromatic carbocycles. The number of likely N-dealkylation sites (N-methyl/N-ethyl adjacent to an activating group) is 1. The first-order chi connectivity index (χ1) is 13.4. The van der Waals surface area contributed by atoms with E-state index >= 15 is 0 Å². The fraction of sp³-hybridized carbons (Fsp3) is 0.400. The van der Waals surface area contributed by atoms with Crippen molar-refractivity contribution in [1.29, 1.82) is 0 Å². The molecule has 3 rings (SSSR count). The third-order valence-electron chi connectivity index (χ3n) is 4.93. The van der Waals surface area contributed by atoms with Crippen LogP contribution in [0, 0.1) is 5.92 Å². The van der Waals surface area contributed by atoms with Crippen LogP contribution in [0.2, 0.25) is 0 Å². The van der Waals surface area contributed by atoms with Crippen molar-refractivity contribution < 1.29 is 19.5 Å². The SMILES string of the molecule is CN(CC(=O)N1CCCC(C(=O)O)C1)C(=O)Cc1cnn(-c2ccccc2)c1. The molecular formula is C20H24N4O4. The van der Waals surface area contributed by atoms with Gasteiger partial charge in [0.25, 0.3) is 0 Å². The van der Waals surface area contributed by atoms with E-state index in [4.69, 9.17) is 5.11 Å². The van der Waals surface area contributed by atoms with E-state index in [0.29, 0.717) is 19.4 Å². The molecule has 1 unspecified atom stereocenters. The summed E-state index contributed by atoms with van der Waals surface area (Å²) in [6, 6.07) is 9.59. The highest BCUT2D eigenvalue weighted by atomic mass is 16.4. The molecule has 0 radical (unpaired) electrons. The molecule has 0 saturated carbocycles. The van der Waals surface area contributed by atoms with E-state index < -0.39 is 11.9 Å². The molecule has 8 nitrogen and oxygen atoms in total. The Morgan fingerprint density at radius 3 is 2.71 bits per heavy atom. The molecule has 2 heterocycles. The summed E-state index contributed by atoms with van der Waals surface area (Å²) >= 11 is 0. The predicted molar refractivity (Wildman–Crippen MR) is 102 cm³/mol. The Morgan fingerprint density at radius 2 is 2.00 bits per heavy atom. The summed E-state index contributed by atoms with van der Waals surface area (Å²) in [5, 5.41) is 13.4. The van der Waals surface area contributed by atoms with Crippen LogP contribution in [-0.2, 0) is 20.8 Å². The number of nitrogens with zero attached hydrogens (tertiary/aromatic N) is 4. The summed E-state index contributed by atoms with van der Waals surface area (Å²) < 4.78 is 1.70. The summed E-state index contributed by atoms with van der Waals surface area (Å²) in [5.74, 6) is -1.81. The molecule has 28 heavy (non-hydrogen) atoms. The van der Waals surface area contributed by atoms with E-state index in [1.165, 1.54) is 4.90 Å². The van der Waals surface area contributed by atoms with Gasteiger partial charge in [0.05, 0.1) is 30.8 Å². The zero-order valence-electron chi connectivity index (χ0n) is 15.8. The summed E-state index contributed by atoms with van der Waals surface area (Å²) in [6.45, 7) is 0.687. The maximum absolute atomic E-state index is 12.5. The maximum atomic E-state index is 12.5. The van der Waals surface area contributed by atoms with Gasteiger partial charge in [-0.2, -0.15) is 5.10 Å². The molecule has 0 aliphatic carbocycles. The van der Waals surface area contributed by atoms with E-state index in [0.717, 1.165) is 11.3 Å². The summed E-state index contributed by atoms with van der Waals surface area (Å²) in [5.41, 5.74) is 1.67. The lowest BCUT2D eigenvalue weighted by molar-refractivity contribution is -0.147. The van der Waals surface area contributed by atoms with Crippen LogP contribution in [-0.4, -0.2) is 69.2 Å². The number of amides is 2. The average Bonchev–Trinajstić information content (AvgIpc) is 3.17. The minimum atomic E-state index is -0.877. The highest BCUT2D eigenvalue weighted by Gasteiger charge is 2.29. The molecule has 1 aliphatic heterocycles. The van der Waals surface area contributed by atoms with Crippen LogP contribution < -0.4 is 0 Å². The molecule has 2 aromatic rings. The number of aliphatic carboxylic acids is 1. The minimum Gasteiger partial charge on any atom is -0.481 e. The van der Waals surface area contributed by atoms with Crippen molar-refractivity contribution in [2.24, 2.45) is 5.92 Å². The second-order valence-electron chi connectivity index (χ2n) is 7.07. The van der Waals surface area contributed by atoms with E-state index in [1.54, 1.807) is 29.0 Å². The first-order valence-corrected chi connectivity index (χ1v) is 9.27. The van der Waals surface area contributed by atoms with Gasteiger partial charge in [-0.25, -0.2) is 4.68 Å². The first-order valence-electron chi connectivity index (χ1n) is 9.27. The number of likely N-dealkylation sites (tertiary alicyclic amines) is 1. The van der Waals surface area contributed by atoms with Crippen molar-refractivity contribution in [3.05, 3.63) is 48.3 Å². The molecule has 1 fully saturated rings.